The molecular weight excluding hydrogens is 368 g/mol. The Balaban J connectivity index is 1.67. The maximum atomic E-state index is 12.2. The van der Waals surface area contributed by atoms with Crippen molar-refractivity contribution in [3.63, 3.8) is 0 Å². The molecule has 9 heteroatoms. The fraction of sp³-hybridized carbons (Fsp3) is 0.222. The quantitative estimate of drug-likeness (QED) is 0.642. The fourth-order valence-corrected chi connectivity index (χ4v) is 3.36. The van der Waals surface area contributed by atoms with Gasteiger partial charge in [0.05, 0.1) is 23.6 Å². The molecule has 136 valence electrons. The van der Waals surface area contributed by atoms with Crippen LogP contribution in [0.2, 0.25) is 0 Å². The zero-order valence-electron chi connectivity index (χ0n) is 14.3. The van der Waals surface area contributed by atoms with E-state index in [4.69, 9.17) is 4.74 Å². The molecule has 1 N–H and O–H groups in total. The van der Waals surface area contributed by atoms with Gasteiger partial charge in [-0.15, -0.1) is 11.3 Å². The average molecular weight is 382 g/mol. The number of fused-ring (bicyclic) bond motifs is 1. The Hall–Kier alpha value is -3.38. The van der Waals surface area contributed by atoms with Crippen molar-refractivity contribution in [2.45, 2.75) is 19.3 Å². The number of aromatic amines is 1. The molecule has 2 heterocycles. The third-order valence-corrected chi connectivity index (χ3v) is 4.82. The maximum absolute atomic E-state index is 12.2. The summed E-state index contributed by atoms with van der Waals surface area (Å²) < 4.78 is 5.00. The second kappa shape index (κ2) is 7.88. The van der Waals surface area contributed by atoms with E-state index in [9.17, 15) is 19.6 Å². The first-order valence-electron chi connectivity index (χ1n) is 7.96. The number of aryl methyl sites for hydroxylation is 1. The largest absolute Gasteiger partial charge is 0.457 e. The summed E-state index contributed by atoms with van der Waals surface area (Å²) in [6.07, 6.45) is -0.210. The first kappa shape index (κ1) is 18.4. The summed E-state index contributed by atoms with van der Waals surface area (Å²) in [5.41, 5.74) is 0.708. The number of hydrogen-bond donors (Lipinski definition) is 1. The van der Waals surface area contributed by atoms with Gasteiger partial charge in [0.15, 0.2) is 18.3 Å². The predicted octanol–water partition coefficient (Wildman–Crippen LogP) is 1.65. The summed E-state index contributed by atoms with van der Waals surface area (Å²) in [6, 6.07) is 8.64. The van der Waals surface area contributed by atoms with Gasteiger partial charge < -0.3 is 4.74 Å². The monoisotopic (exact) mass is 382 g/mol. The Morgan fingerprint density at radius 1 is 1.33 bits per heavy atom. The highest BCUT2D eigenvalue weighted by molar-refractivity contribution is 7.09. The van der Waals surface area contributed by atoms with Crippen LogP contribution in [0.5, 0.6) is 0 Å². The van der Waals surface area contributed by atoms with Crippen LogP contribution < -0.4 is 5.56 Å². The molecule has 27 heavy (non-hydrogen) atoms. The van der Waals surface area contributed by atoms with Crippen LogP contribution in [0, 0.1) is 18.3 Å². The van der Waals surface area contributed by atoms with Crippen molar-refractivity contribution < 1.29 is 14.3 Å². The van der Waals surface area contributed by atoms with Crippen LogP contribution in [0.4, 0.5) is 0 Å². The smallest absolute Gasteiger partial charge is 0.312 e. The molecule has 0 aliphatic heterocycles. The lowest BCUT2D eigenvalue weighted by molar-refractivity contribution is -0.147. The summed E-state index contributed by atoms with van der Waals surface area (Å²) in [7, 11) is 0. The number of nitriles is 1. The van der Waals surface area contributed by atoms with Gasteiger partial charge in [0.25, 0.3) is 5.56 Å². The van der Waals surface area contributed by atoms with Crippen molar-refractivity contribution in [1.82, 2.24) is 15.2 Å². The second-order valence-corrected chi connectivity index (χ2v) is 6.63. The number of nitrogens with zero attached hydrogens (tertiary/aromatic N) is 3. The van der Waals surface area contributed by atoms with Gasteiger partial charge >= 0.3 is 5.97 Å². The van der Waals surface area contributed by atoms with Gasteiger partial charge in [-0.25, -0.2) is 10.1 Å². The lowest BCUT2D eigenvalue weighted by Gasteiger charge is -2.07. The number of Topliss-reactive ketones (excluding diaryl/α,β-unsaturated/α-hetero) is 1. The molecule has 0 saturated heterocycles. The molecule has 0 unspecified atom stereocenters. The number of ketones is 1. The summed E-state index contributed by atoms with van der Waals surface area (Å²) in [5.74, 6) is -2.29. The van der Waals surface area contributed by atoms with Crippen molar-refractivity contribution in [3.05, 3.63) is 56.4 Å². The average Bonchev–Trinajstić information content (AvgIpc) is 3.09. The van der Waals surface area contributed by atoms with Crippen LogP contribution >= 0.6 is 11.3 Å². The Morgan fingerprint density at radius 3 is 2.74 bits per heavy atom. The number of thiazole rings is 1. The third kappa shape index (κ3) is 4.07. The van der Waals surface area contributed by atoms with E-state index in [0.29, 0.717) is 21.5 Å². The van der Waals surface area contributed by atoms with E-state index in [1.54, 1.807) is 36.6 Å². The topological polar surface area (TPSA) is 126 Å². The predicted molar refractivity (Wildman–Crippen MR) is 97.2 cm³/mol. The lowest BCUT2D eigenvalue weighted by atomic mass is 10.1. The highest BCUT2D eigenvalue weighted by Gasteiger charge is 2.24. The van der Waals surface area contributed by atoms with E-state index in [1.807, 2.05) is 6.07 Å². The minimum Gasteiger partial charge on any atom is -0.457 e. The van der Waals surface area contributed by atoms with Crippen LogP contribution in [0.15, 0.2) is 34.4 Å². The highest BCUT2D eigenvalue weighted by Crippen LogP contribution is 2.21. The number of nitrogens with one attached hydrogen (secondary N) is 1. The van der Waals surface area contributed by atoms with Crippen LogP contribution in [0.3, 0.4) is 0 Å². The van der Waals surface area contributed by atoms with Crippen LogP contribution in [0.1, 0.15) is 22.3 Å². The van der Waals surface area contributed by atoms with E-state index in [0.717, 1.165) is 5.69 Å². The minimum absolute atomic E-state index is 0.210. The molecule has 0 spiro atoms. The van der Waals surface area contributed by atoms with E-state index >= 15 is 0 Å². The fourth-order valence-electron chi connectivity index (χ4n) is 2.50. The van der Waals surface area contributed by atoms with Gasteiger partial charge in [0, 0.05) is 16.5 Å². The van der Waals surface area contributed by atoms with Crippen LogP contribution in [-0.2, 0) is 20.7 Å². The number of H-pyrrole nitrogens is 1. The summed E-state index contributed by atoms with van der Waals surface area (Å²) in [4.78, 5) is 40.2. The number of rotatable bonds is 6. The van der Waals surface area contributed by atoms with Crippen LogP contribution in [-0.4, -0.2) is 33.5 Å². The Bertz CT molecular complexity index is 1110. The number of carbonyl (C=O) groups excluding carboxylic acids is 2. The highest BCUT2D eigenvalue weighted by atomic mass is 32.1. The van der Waals surface area contributed by atoms with Gasteiger partial charge in [-0.05, 0) is 13.0 Å². The normalized spacial score (nSPS) is 11.7. The van der Waals surface area contributed by atoms with Crippen molar-refractivity contribution in [1.29, 1.82) is 5.26 Å². The van der Waals surface area contributed by atoms with Gasteiger partial charge in [0.2, 0.25) is 0 Å². The molecule has 2 aromatic heterocycles. The van der Waals surface area contributed by atoms with E-state index in [-0.39, 0.29) is 12.0 Å². The number of benzene rings is 1. The van der Waals surface area contributed by atoms with Gasteiger partial charge in [-0.2, -0.15) is 10.4 Å². The standard InChI is InChI=1S/C18H14N4O4S/c1-10-9-27-18(20-10)13(7-19)15(23)8-26-16(24)6-14-11-4-2-3-5-12(11)17(25)22-21-14/h2-5,9,13H,6,8H2,1H3,(H,22,25)/t13-/m0/s1. The number of carbonyl (C=O) groups is 2. The number of aromatic nitrogens is 3. The van der Waals surface area contributed by atoms with E-state index < -0.39 is 24.3 Å². The third-order valence-electron chi connectivity index (χ3n) is 3.80. The molecule has 0 saturated carbocycles. The number of esters is 1. The molecule has 1 aromatic carbocycles. The first-order chi connectivity index (χ1) is 13.0. The summed E-state index contributed by atoms with van der Waals surface area (Å²) in [6.45, 7) is 1.23. The molecule has 0 bridgehead atoms. The second-order valence-electron chi connectivity index (χ2n) is 5.74. The molecule has 3 rings (SSSR count). The van der Waals surface area contributed by atoms with E-state index in [2.05, 4.69) is 15.2 Å². The summed E-state index contributed by atoms with van der Waals surface area (Å²) in [5, 5.41) is 18.5. The molecule has 0 aliphatic rings. The molecule has 8 nitrogen and oxygen atoms in total. The zero-order chi connectivity index (χ0) is 19.4. The van der Waals surface area contributed by atoms with Crippen molar-refractivity contribution in [2.24, 2.45) is 0 Å². The molecule has 1 atom stereocenters. The molecule has 0 radical (unpaired) electrons. The minimum atomic E-state index is -1.07. The Kier molecular flexibility index (Phi) is 5.38. The molecule has 0 aliphatic carbocycles. The van der Waals surface area contributed by atoms with E-state index in [1.165, 1.54) is 11.3 Å². The number of hydrogen-bond acceptors (Lipinski definition) is 8. The SMILES string of the molecule is Cc1csc([C@@H](C#N)C(=O)COC(=O)Cc2n[nH]c(=O)c3ccccc23)n1. The Morgan fingerprint density at radius 2 is 2.07 bits per heavy atom. The number of ether oxygens (including phenoxy) is 1. The lowest BCUT2D eigenvalue weighted by Crippen LogP contribution is -2.21. The molecular formula is C18H14N4O4S. The Labute approximate surface area is 157 Å². The van der Waals surface area contributed by atoms with Crippen molar-refractivity contribution in [2.75, 3.05) is 6.61 Å². The van der Waals surface area contributed by atoms with Crippen LogP contribution in [0.25, 0.3) is 10.8 Å². The van der Waals surface area contributed by atoms with Crippen molar-refractivity contribution in [3.8, 4) is 6.07 Å². The van der Waals surface area contributed by atoms with Gasteiger partial charge in [0.1, 0.15) is 5.01 Å². The van der Waals surface area contributed by atoms with Crippen molar-refractivity contribution >= 4 is 33.9 Å². The maximum Gasteiger partial charge on any atom is 0.312 e. The first-order valence-corrected chi connectivity index (χ1v) is 8.84. The van der Waals surface area contributed by atoms with Gasteiger partial charge in [-0.3, -0.25) is 14.4 Å². The molecule has 3 aromatic rings. The van der Waals surface area contributed by atoms with Gasteiger partial charge in [-0.1, -0.05) is 18.2 Å². The molecule has 0 amide bonds. The summed E-state index contributed by atoms with van der Waals surface area (Å²) >= 11 is 1.21. The zero-order valence-corrected chi connectivity index (χ0v) is 15.1. The molecule has 0 fully saturated rings.